The Morgan fingerprint density at radius 2 is 2.10 bits per heavy atom. The predicted octanol–water partition coefficient (Wildman–Crippen LogP) is 2.34. The number of para-hydroxylation sites is 1. The van der Waals surface area contributed by atoms with Crippen LogP contribution < -0.4 is 11.1 Å². The number of rotatable bonds is 5. The molecule has 0 aliphatic heterocycles. The van der Waals surface area contributed by atoms with Gasteiger partial charge in [0.25, 0.3) is 0 Å². The van der Waals surface area contributed by atoms with Crippen LogP contribution in [0.5, 0.6) is 0 Å². The van der Waals surface area contributed by atoms with Crippen LogP contribution in [-0.4, -0.2) is 23.5 Å². The fourth-order valence-electron chi connectivity index (χ4n) is 3.22. The zero-order valence-corrected chi connectivity index (χ0v) is 12.3. The SMILES string of the molecule is N[C@@H](Cc1c[nH]c2ccccc12)C(=O)NCC1CCCC1. The molecule has 1 aliphatic carbocycles. The molecule has 112 valence electrons. The maximum absolute atomic E-state index is 12.1. The van der Waals surface area contributed by atoms with E-state index >= 15 is 0 Å². The van der Waals surface area contributed by atoms with Gasteiger partial charge in [0.1, 0.15) is 0 Å². The van der Waals surface area contributed by atoms with Gasteiger partial charge in [-0.05, 0) is 36.8 Å². The van der Waals surface area contributed by atoms with Gasteiger partial charge in [0.15, 0.2) is 0 Å². The Kier molecular flexibility index (Phi) is 4.25. The van der Waals surface area contributed by atoms with Crippen molar-refractivity contribution in [2.75, 3.05) is 6.54 Å². The number of H-pyrrole nitrogens is 1. The van der Waals surface area contributed by atoms with Gasteiger partial charge in [0.2, 0.25) is 5.91 Å². The number of aromatic amines is 1. The highest BCUT2D eigenvalue weighted by Gasteiger charge is 2.19. The van der Waals surface area contributed by atoms with E-state index in [1.165, 1.54) is 25.7 Å². The Morgan fingerprint density at radius 3 is 2.90 bits per heavy atom. The van der Waals surface area contributed by atoms with Crippen molar-refractivity contribution >= 4 is 16.8 Å². The van der Waals surface area contributed by atoms with E-state index in [1.54, 1.807) is 0 Å². The minimum Gasteiger partial charge on any atom is -0.361 e. The van der Waals surface area contributed by atoms with Gasteiger partial charge < -0.3 is 16.0 Å². The quantitative estimate of drug-likeness (QED) is 0.789. The van der Waals surface area contributed by atoms with E-state index in [-0.39, 0.29) is 5.91 Å². The molecule has 1 amide bonds. The Morgan fingerprint density at radius 1 is 1.33 bits per heavy atom. The number of hydrogen-bond donors (Lipinski definition) is 3. The highest BCUT2D eigenvalue weighted by atomic mass is 16.2. The molecule has 0 bridgehead atoms. The molecule has 1 saturated carbocycles. The van der Waals surface area contributed by atoms with E-state index in [1.807, 2.05) is 24.4 Å². The summed E-state index contributed by atoms with van der Waals surface area (Å²) in [6.07, 6.45) is 7.58. The molecular formula is C17H23N3O. The highest BCUT2D eigenvalue weighted by molar-refractivity contribution is 5.86. The number of fused-ring (bicyclic) bond motifs is 1. The van der Waals surface area contributed by atoms with Crippen molar-refractivity contribution in [1.29, 1.82) is 0 Å². The van der Waals surface area contributed by atoms with Crippen LogP contribution in [0.1, 0.15) is 31.2 Å². The third-order valence-electron chi connectivity index (χ3n) is 4.49. The Hall–Kier alpha value is -1.81. The molecule has 21 heavy (non-hydrogen) atoms. The van der Waals surface area contributed by atoms with Gasteiger partial charge in [-0.3, -0.25) is 4.79 Å². The van der Waals surface area contributed by atoms with Gasteiger partial charge in [0, 0.05) is 23.6 Å². The maximum Gasteiger partial charge on any atom is 0.237 e. The van der Waals surface area contributed by atoms with Crippen molar-refractivity contribution < 1.29 is 4.79 Å². The molecule has 0 spiro atoms. The number of nitrogens with one attached hydrogen (secondary N) is 2. The zero-order valence-electron chi connectivity index (χ0n) is 12.3. The molecule has 1 aromatic heterocycles. The standard InChI is InChI=1S/C17H23N3O/c18-15(17(21)20-10-12-5-1-2-6-12)9-13-11-19-16-8-4-3-7-14(13)16/h3-4,7-8,11-12,15,19H,1-2,5-6,9-10,18H2,(H,20,21)/t15-/m0/s1. The maximum atomic E-state index is 12.1. The number of amides is 1. The first-order valence-corrected chi connectivity index (χ1v) is 7.82. The van der Waals surface area contributed by atoms with Gasteiger partial charge >= 0.3 is 0 Å². The predicted molar refractivity (Wildman–Crippen MR) is 84.9 cm³/mol. The Balaban J connectivity index is 1.57. The molecular weight excluding hydrogens is 262 g/mol. The number of nitrogens with two attached hydrogens (primary N) is 1. The zero-order chi connectivity index (χ0) is 14.7. The molecule has 4 nitrogen and oxygen atoms in total. The topological polar surface area (TPSA) is 70.9 Å². The van der Waals surface area contributed by atoms with E-state index in [0.717, 1.165) is 23.0 Å². The third kappa shape index (κ3) is 3.27. The summed E-state index contributed by atoms with van der Waals surface area (Å²) in [7, 11) is 0. The Bertz CT molecular complexity index is 613. The molecule has 0 unspecified atom stereocenters. The lowest BCUT2D eigenvalue weighted by molar-refractivity contribution is -0.122. The van der Waals surface area contributed by atoms with Crippen molar-refractivity contribution in [2.45, 2.75) is 38.1 Å². The van der Waals surface area contributed by atoms with Gasteiger partial charge in [-0.1, -0.05) is 31.0 Å². The van der Waals surface area contributed by atoms with Gasteiger partial charge in [0.05, 0.1) is 6.04 Å². The van der Waals surface area contributed by atoms with E-state index in [9.17, 15) is 4.79 Å². The molecule has 1 aliphatic rings. The number of hydrogen-bond acceptors (Lipinski definition) is 2. The van der Waals surface area contributed by atoms with Crippen LogP contribution in [0.4, 0.5) is 0 Å². The van der Waals surface area contributed by atoms with Crippen molar-refractivity contribution in [1.82, 2.24) is 10.3 Å². The van der Waals surface area contributed by atoms with Crippen molar-refractivity contribution in [3.05, 3.63) is 36.0 Å². The lowest BCUT2D eigenvalue weighted by Crippen LogP contribution is -2.43. The summed E-state index contributed by atoms with van der Waals surface area (Å²) >= 11 is 0. The second-order valence-corrected chi connectivity index (χ2v) is 6.07. The van der Waals surface area contributed by atoms with Crippen LogP contribution in [0.2, 0.25) is 0 Å². The lowest BCUT2D eigenvalue weighted by atomic mass is 10.0. The van der Waals surface area contributed by atoms with Crippen molar-refractivity contribution in [3.63, 3.8) is 0 Å². The molecule has 1 aromatic carbocycles. The summed E-state index contributed by atoms with van der Waals surface area (Å²) in [5.41, 5.74) is 8.25. The van der Waals surface area contributed by atoms with Gasteiger partial charge in [-0.2, -0.15) is 0 Å². The molecule has 1 heterocycles. The van der Waals surface area contributed by atoms with Crippen LogP contribution in [-0.2, 0) is 11.2 Å². The summed E-state index contributed by atoms with van der Waals surface area (Å²) in [6.45, 7) is 0.778. The van der Waals surface area contributed by atoms with Crippen LogP contribution in [0.3, 0.4) is 0 Å². The van der Waals surface area contributed by atoms with E-state index < -0.39 is 6.04 Å². The minimum atomic E-state index is -0.481. The van der Waals surface area contributed by atoms with Crippen LogP contribution in [0.15, 0.2) is 30.5 Å². The largest absolute Gasteiger partial charge is 0.361 e. The average molecular weight is 285 g/mol. The lowest BCUT2D eigenvalue weighted by Gasteiger charge is -2.14. The molecule has 0 radical (unpaired) electrons. The summed E-state index contributed by atoms with van der Waals surface area (Å²) in [5, 5.41) is 4.16. The summed E-state index contributed by atoms with van der Waals surface area (Å²) in [5.74, 6) is 0.612. The monoisotopic (exact) mass is 285 g/mol. The fraction of sp³-hybridized carbons (Fsp3) is 0.471. The first kappa shape index (κ1) is 14.1. The molecule has 4 heteroatoms. The highest BCUT2D eigenvalue weighted by Crippen LogP contribution is 2.23. The van der Waals surface area contributed by atoms with E-state index in [4.69, 9.17) is 5.73 Å². The third-order valence-corrected chi connectivity index (χ3v) is 4.49. The second kappa shape index (κ2) is 6.31. The van der Waals surface area contributed by atoms with Crippen LogP contribution >= 0.6 is 0 Å². The molecule has 2 aromatic rings. The molecule has 1 atom stereocenters. The van der Waals surface area contributed by atoms with Crippen LogP contribution in [0.25, 0.3) is 10.9 Å². The summed E-state index contributed by atoms with van der Waals surface area (Å²) in [6, 6.07) is 7.61. The average Bonchev–Trinajstić information content (AvgIpc) is 3.15. The number of carbonyl (C=O) groups excluding carboxylic acids is 1. The molecule has 0 saturated heterocycles. The summed E-state index contributed by atoms with van der Waals surface area (Å²) < 4.78 is 0. The first-order chi connectivity index (χ1) is 10.2. The minimum absolute atomic E-state index is 0.0350. The van der Waals surface area contributed by atoms with Crippen molar-refractivity contribution in [3.8, 4) is 0 Å². The number of carbonyl (C=O) groups is 1. The normalized spacial score (nSPS) is 17.2. The van der Waals surface area contributed by atoms with Crippen molar-refractivity contribution in [2.24, 2.45) is 11.7 Å². The molecule has 3 rings (SSSR count). The second-order valence-electron chi connectivity index (χ2n) is 6.07. The Labute approximate surface area is 125 Å². The van der Waals surface area contributed by atoms with Gasteiger partial charge in [-0.15, -0.1) is 0 Å². The number of aromatic nitrogens is 1. The smallest absolute Gasteiger partial charge is 0.237 e. The molecule has 1 fully saturated rings. The van der Waals surface area contributed by atoms with Crippen LogP contribution in [0, 0.1) is 5.92 Å². The van der Waals surface area contributed by atoms with E-state index in [0.29, 0.717) is 12.3 Å². The summed E-state index contributed by atoms with van der Waals surface area (Å²) in [4.78, 5) is 15.3. The van der Waals surface area contributed by atoms with Gasteiger partial charge in [-0.25, -0.2) is 0 Å². The first-order valence-electron chi connectivity index (χ1n) is 7.82. The fourth-order valence-corrected chi connectivity index (χ4v) is 3.22. The number of benzene rings is 1. The van der Waals surface area contributed by atoms with E-state index in [2.05, 4.69) is 16.4 Å². The molecule has 4 N–H and O–H groups in total.